The zero-order valence-corrected chi connectivity index (χ0v) is 14.1. The summed E-state index contributed by atoms with van der Waals surface area (Å²) in [5.41, 5.74) is 0. The fourth-order valence-corrected chi connectivity index (χ4v) is 3.76. The fraction of sp³-hybridized carbons (Fsp3) is 0.733. The molecule has 1 unspecified atom stereocenters. The Bertz CT molecular complexity index is 311. The third-order valence-electron chi connectivity index (χ3n) is 3.38. The second kappa shape index (κ2) is 9.99. The van der Waals surface area contributed by atoms with E-state index in [4.69, 9.17) is 0 Å². The Balaban J connectivity index is 2.13. The monoisotopic (exact) mass is 331 g/mol. The van der Waals surface area contributed by atoms with E-state index in [1.54, 1.807) is 0 Å². The molecule has 104 valence electrons. The molecule has 1 N–H and O–H groups in total. The molecule has 1 aromatic rings. The first-order valence-electron chi connectivity index (χ1n) is 7.16. The summed E-state index contributed by atoms with van der Waals surface area (Å²) in [5, 5.41) is 5.63. The molecule has 0 aliphatic rings. The highest BCUT2D eigenvalue weighted by atomic mass is 79.9. The molecule has 0 aliphatic carbocycles. The molecule has 1 heterocycles. The zero-order chi connectivity index (χ0) is 13.2. The largest absolute Gasteiger partial charge is 0.317 e. The van der Waals surface area contributed by atoms with Crippen molar-refractivity contribution in [3.8, 4) is 0 Å². The second-order valence-electron chi connectivity index (χ2n) is 4.98. The van der Waals surface area contributed by atoms with Crippen LogP contribution in [0.3, 0.4) is 0 Å². The summed E-state index contributed by atoms with van der Waals surface area (Å²) < 4.78 is 1.22. The van der Waals surface area contributed by atoms with Gasteiger partial charge in [0.2, 0.25) is 0 Å². The molecule has 0 fully saturated rings. The minimum Gasteiger partial charge on any atom is -0.317 e. The smallest absolute Gasteiger partial charge is 0.0285 e. The van der Waals surface area contributed by atoms with Gasteiger partial charge in [-0.15, -0.1) is 11.3 Å². The van der Waals surface area contributed by atoms with E-state index in [-0.39, 0.29) is 0 Å². The zero-order valence-electron chi connectivity index (χ0n) is 11.7. The van der Waals surface area contributed by atoms with Crippen molar-refractivity contribution in [3.05, 3.63) is 20.8 Å². The number of unbranched alkanes of at least 4 members (excludes halogenated alkanes) is 5. The van der Waals surface area contributed by atoms with Gasteiger partial charge in [0.15, 0.2) is 0 Å². The van der Waals surface area contributed by atoms with Crippen LogP contribution in [0.25, 0.3) is 0 Å². The second-order valence-corrected chi connectivity index (χ2v) is 6.89. The summed E-state index contributed by atoms with van der Waals surface area (Å²) in [6, 6.07) is 2.89. The SMILES string of the molecule is CCCCCCCCC(Cc1cc(Br)cs1)NC. The number of hydrogen-bond donors (Lipinski definition) is 1. The third kappa shape index (κ3) is 6.91. The lowest BCUT2D eigenvalue weighted by Crippen LogP contribution is -2.27. The minimum absolute atomic E-state index is 0.640. The highest BCUT2D eigenvalue weighted by molar-refractivity contribution is 9.10. The summed E-state index contributed by atoms with van der Waals surface area (Å²) in [4.78, 5) is 1.48. The van der Waals surface area contributed by atoms with Gasteiger partial charge in [-0.2, -0.15) is 0 Å². The molecule has 0 aliphatic heterocycles. The Hall–Kier alpha value is 0.140. The van der Waals surface area contributed by atoms with Crippen molar-refractivity contribution in [2.24, 2.45) is 0 Å². The predicted octanol–water partition coefficient (Wildman–Crippen LogP) is 5.39. The first-order chi connectivity index (χ1) is 8.76. The summed E-state index contributed by atoms with van der Waals surface area (Å²) >= 11 is 5.38. The Morgan fingerprint density at radius 2 is 1.94 bits per heavy atom. The molecule has 0 aromatic carbocycles. The van der Waals surface area contributed by atoms with Crippen LogP contribution in [-0.4, -0.2) is 13.1 Å². The van der Waals surface area contributed by atoms with E-state index in [0.29, 0.717) is 6.04 Å². The van der Waals surface area contributed by atoms with Crippen LogP contribution < -0.4 is 5.32 Å². The quantitative estimate of drug-likeness (QED) is 0.566. The van der Waals surface area contributed by atoms with E-state index in [2.05, 4.69) is 46.7 Å². The maximum Gasteiger partial charge on any atom is 0.0285 e. The summed E-state index contributed by atoms with van der Waals surface area (Å²) in [5.74, 6) is 0. The molecule has 0 saturated carbocycles. The van der Waals surface area contributed by atoms with Gasteiger partial charge in [0.25, 0.3) is 0 Å². The van der Waals surface area contributed by atoms with Crippen LogP contribution in [0.1, 0.15) is 56.7 Å². The molecule has 18 heavy (non-hydrogen) atoms. The van der Waals surface area contributed by atoms with Gasteiger partial charge in [0.1, 0.15) is 0 Å². The Labute approximate surface area is 125 Å². The van der Waals surface area contributed by atoms with Crippen molar-refractivity contribution in [1.82, 2.24) is 5.32 Å². The minimum atomic E-state index is 0.640. The fourth-order valence-electron chi connectivity index (χ4n) is 2.22. The average molecular weight is 332 g/mol. The molecule has 3 heteroatoms. The van der Waals surface area contributed by atoms with Crippen molar-refractivity contribution in [3.63, 3.8) is 0 Å². The van der Waals surface area contributed by atoms with E-state index in [9.17, 15) is 0 Å². The van der Waals surface area contributed by atoms with Crippen LogP contribution in [0.5, 0.6) is 0 Å². The lowest BCUT2D eigenvalue weighted by molar-refractivity contribution is 0.482. The van der Waals surface area contributed by atoms with Crippen LogP contribution in [-0.2, 0) is 6.42 Å². The summed E-state index contributed by atoms with van der Waals surface area (Å²) in [6.45, 7) is 2.27. The number of likely N-dealkylation sites (N-methyl/N-ethyl adjacent to an activating group) is 1. The Morgan fingerprint density at radius 1 is 1.22 bits per heavy atom. The molecular weight excluding hydrogens is 306 g/mol. The van der Waals surface area contributed by atoms with E-state index in [0.717, 1.165) is 0 Å². The van der Waals surface area contributed by atoms with Gasteiger partial charge in [-0.1, -0.05) is 45.4 Å². The molecule has 0 bridgehead atoms. The number of halogens is 1. The van der Waals surface area contributed by atoms with Gasteiger partial charge in [-0.25, -0.2) is 0 Å². The number of rotatable bonds is 10. The van der Waals surface area contributed by atoms with Crippen LogP contribution in [0.2, 0.25) is 0 Å². The maximum absolute atomic E-state index is 3.52. The molecular formula is C15H26BrNS. The molecule has 0 radical (unpaired) electrons. The number of hydrogen-bond acceptors (Lipinski definition) is 2. The first kappa shape index (κ1) is 16.2. The Morgan fingerprint density at radius 3 is 2.56 bits per heavy atom. The third-order valence-corrected chi connectivity index (χ3v) is 5.10. The van der Waals surface area contributed by atoms with Crippen molar-refractivity contribution in [2.75, 3.05) is 7.05 Å². The van der Waals surface area contributed by atoms with Gasteiger partial charge in [0.05, 0.1) is 0 Å². The maximum atomic E-state index is 3.52. The van der Waals surface area contributed by atoms with Gasteiger partial charge < -0.3 is 5.32 Å². The summed E-state index contributed by atoms with van der Waals surface area (Å²) in [7, 11) is 2.09. The van der Waals surface area contributed by atoms with Crippen LogP contribution in [0.15, 0.2) is 15.9 Å². The van der Waals surface area contributed by atoms with Crippen molar-refractivity contribution < 1.29 is 0 Å². The number of thiophene rings is 1. The van der Waals surface area contributed by atoms with Gasteiger partial charge in [-0.3, -0.25) is 0 Å². The summed E-state index contributed by atoms with van der Waals surface area (Å²) in [6.07, 6.45) is 10.8. The molecule has 0 spiro atoms. The van der Waals surface area contributed by atoms with Crippen molar-refractivity contribution in [2.45, 2.75) is 64.3 Å². The van der Waals surface area contributed by atoms with Gasteiger partial charge >= 0.3 is 0 Å². The van der Waals surface area contributed by atoms with E-state index < -0.39 is 0 Å². The molecule has 0 saturated heterocycles. The molecule has 1 rings (SSSR count). The molecule has 1 aromatic heterocycles. The van der Waals surface area contributed by atoms with E-state index in [1.165, 1.54) is 60.7 Å². The molecule has 1 nitrogen and oxygen atoms in total. The van der Waals surface area contributed by atoms with E-state index >= 15 is 0 Å². The van der Waals surface area contributed by atoms with Crippen LogP contribution in [0, 0.1) is 0 Å². The molecule has 1 atom stereocenters. The van der Waals surface area contributed by atoms with Crippen LogP contribution in [0.4, 0.5) is 0 Å². The molecule has 0 amide bonds. The van der Waals surface area contributed by atoms with Crippen LogP contribution >= 0.6 is 27.3 Å². The van der Waals surface area contributed by atoms with E-state index in [1.807, 2.05) is 11.3 Å². The van der Waals surface area contributed by atoms with Gasteiger partial charge in [0, 0.05) is 20.8 Å². The average Bonchev–Trinajstić information content (AvgIpc) is 2.77. The Kier molecular flexibility index (Phi) is 8.99. The first-order valence-corrected chi connectivity index (χ1v) is 8.83. The normalized spacial score (nSPS) is 12.8. The van der Waals surface area contributed by atoms with Gasteiger partial charge in [-0.05, 0) is 41.9 Å². The highest BCUT2D eigenvalue weighted by Gasteiger charge is 2.08. The standard InChI is InChI=1S/C15H26BrNS/c1-3-4-5-6-7-8-9-14(17-2)11-15-10-13(16)12-18-15/h10,12,14,17H,3-9,11H2,1-2H3. The topological polar surface area (TPSA) is 12.0 Å². The number of nitrogens with one attached hydrogen (secondary N) is 1. The predicted molar refractivity (Wildman–Crippen MR) is 86.6 cm³/mol. The van der Waals surface area contributed by atoms with Crippen molar-refractivity contribution >= 4 is 27.3 Å². The lowest BCUT2D eigenvalue weighted by Gasteiger charge is -2.15. The highest BCUT2D eigenvalue weighted by Crippen LogP contribution is 2.22. The van der Waals surface area contributed by atoms with Crippen molar-refractivity contribution in [1.29, 1.82) is 0 Å². The lowest BCUT2D eigenvalue weighted by atomic mass is 10.0.